The minimum atomic E-state index is 0.103. The van der Waals surface area contributed by atoms with Gasteiger partial charge in [0.2, 0.25) is 0 Å². The normalized spacial score (nSPS) is 19.9. The second-order valence-electron chi connectivity index (χ2n) is 4.05. The summed E-state index contributed by atoms with van der Waals surface area (Å²) >= 11 is 6.18. The summed E-state index contributed by atoms with van der Waals surface area (Å²) in [4.78, 5) is 4.14. The Bertz CT molecular complexity index is 319. The Morgan fingerprint density at radius 1 is 1.43 bits per heavy atom. The molecule has 76 valence electrons. The predicted octanol–water partition coefficient (Wildman–Crippen LogP) is 2.51. The molecule has 0 amide bonds. The second kappa shape index (κ2) is 3.87. The molecule has 1 saturated carbocycles. The summed E-state index contributed by atoms with van der Waals surface area (Å²) < 4.78 is 0. The molecule has 0 spiro atoms. The number of rotatable bonds is 2. The van der Waals surface area contributed by atoms with Crippen molar-refractivity contribution in [3.8, 4) is 0 Å². The summed E-state index contributed by atoms with van der Waals surface area (Å²) in [5, 5.41) is 0.812. The first kappa shape index (κ1) is 9.94. The monoisotopic (exact) mass is 210 g/mol. The molecule has 0 unspecified atom stereocenters. The van der Waals surface area contributed by atoms with Gasteiger partial charge in [-0.25, -0.2) is 0 Å². The molecular formula is C11H15ClN2. The molecule has 2 N–H and O–H groups in total. The van der Waals surface area contributed by atoms with Gasteiger partial charge in [-0.2, -0.15) is 0 Å². The van der Waals surface area contributed by atoms with Crippen molar-refractivity contribution in [2.24, 2.45) is 5.73 Å². The van der Waals surface area contributed by atoms with Gasteiger partial charge in [-0.3, -0.25) is 4.98 Å². The van der Waals surface area contributed by atoms with Gasteiger partial charge in [0.05, 0.1) is 0 Å². The summed E-state index contributed by atoms with van der Waals surface area (Å²) in [6, 6.07) is 1.85. The Kier molecular flexibility index (Phi) is 2.75. The second-order valence-corrected chi connectivity index (χ2v) is 4.45. The van der Waals surface area contributed by atoms with E-state index in [1.165, 1.54) is 12.8 Å². The first-order valence-electron chi connectivity index (χ1n) is 5.08. The Balaban J connectivity index is 2.41. The summed E-state index contributed by atoms with van der Waals surface area (Å²) in [6.07, 6.45) is 8.40. The molecule has 1 aliphatic rings. The molecule has 14 heavy (non-hydrogen) atoms. The minimum absolute atomic E-state index is 0.103. The molecule has 0 atom stereocenters. The third kappa shape index (κ3) is 1.53. The molecule has 0 aliphatic heterocycles. The number of nitrogens with zero attached hydrogens (tertiary/aromatic N) is 1. The molecular weight excluding hydrogens is 196 g/mol. The maximum Gasteiger partial charge on any atom is 0.0474 e. The van der Waals surface area contributed by atoms with Gasteiger partial charge in [-0.15, -0.1) is 0 Å². The lowest BCUT2D eigenvalue weighted by molar-refractivity contribution is 0.452. The van der Waals surface area contributed by atoms with E-state index in [1.54, 1.807) is 6.20 Å². The zero-order valence-corrected chi connectivity index (χ0v) is 8.93. The maximum atomic E-state index is 6.18. The fraction of sp³-hybridized carbons (Fsp3) is 0.545. The smallest absolute Gasteiger partial charge is 0.0474 e. The Morgan fingerprint density at radius 2 is 2.14 bits per heavy atom. The van der Waals surface area contributed by atoms with Crippen molar-refractivity contribution >= 4 is 11.6 Å². The van der Waals surface area contributed by atoms with Gasteiger partial charge >= 0.3 is 0 Å². The van der Waals surface area contributed by atoms with Crippen molar-refractivity contribution in [3.05, 3.63) is 29.0 Å². The van der Waals surface area contributed by atoms with E-state index < -0.39 is 0 Å². The van der Waals surface area contributed by atoms with Crippen LogP contribution in [0.5, 0.6) is 0 Å². The highest BCUT2D eigenvalue weighted by atomic mass is 35.5. The third-order valence-electron chi connectivity index (χ3n) is 3.29. The number of hydrogen-bond acceptors (Lipinski definition) is 2. The molecule has 2 nitrogen and oxygen atoms in total. The number of halogens is 1. The largest absolute Gasteiger partial charge is 0.330 e. The van der Waals surface area contributed by atoms with Crippen molar-refractivity contribution in [1.29, 1.82) is 0 Å². The molecule has 1 fully saturated rings. The van der Waals surface area contributed by atoms with Crippen LogP contribution in [0.15, 0.2) is 18.5 Å². The Hall–Kier alpha value is -0.600. The average molecular weight is 211 g/mol. The highest BCUT2D eigenvalue weighted by Gasteiger charge is 2.35. The summed E-state index contributed by atoms with van der Waals surface area (Å²) in [7, 11) is 0. The quantitative estimate of drug-likeness (QED) is 0.815. The van der Waals surface area contributed by atoms with E-state index >= 15 is 0 Å². The standard InChI is InChI=1S/C11H15ClN2/c12-10-3-6-14-7-9(10)11(8-13)4-1-2-5-11/h3,6-7H,1-2,4-5,8,13H2. The first-order valence-corrected chi connectivity index (χ1v) is 5.46. The third-order valence-corrected chi connectivity index (χ3v) is 3.62. The fourth-order valence-electron chi connectivity index (χ4n) is 2.40. The van der Waals surface area contributed by atoms with Gasteiger partial charge in [-0.05, 0) is 24.5 Å². The van der Waals surface area contributed by atoms with Crippen LogP contribution in [0.4, 0.5) is 0 Å². The molecule has 0 aromatic carbocycles. The molecule has 1 aromatic heterocycles. The molecule has 1 aromatic rings. The molecule has 0 saturated heterocycles. The van der Waals surface area contributed by atoms with E-state index in [4.69, 9.17) is 17.3 Å². The summed E-state index contributed by atoms with van der Waals surface area (Å²) in [5.74, 6) is 0. The lowest BCUT2D eigenvalue weighted by Crippen LogP contribution is -2.32. The zero-order valence-electron chi connectivity index (χ0n) is 8.17. The van der Waals surface area contributed by atoms with Crippen LogP contribution in [-0.2, 0) is 5.41 Å². The molecule has 0 bridgehead atoms. The lowest BCUT2D eigenvalue weighted by Gasteiger charge is -2.28. The van der Waals surface area contributed by atoms with Crippen LogP contribution in [-0.4, -0.2) is 11.5 Å². The molecule has 1 heterocycles. The SMILES string of the molecule is NCC1(c2cnccc2Cl)CCCC1. The number of pyridine rings is 1. The lowest BCUT2D eigenvalue weighted by atomic mass is 9.80. The van der Waals surface area contributed by atoms with Gasteiger partial charge < -0.3 is 5.73 Å². The summed E-state index contributed by atoms with van der Waals surface area (Å²) in [6.45, 7) is 0.679. The highest BCUT2D eigenvalue weighted by Crippen LogP contribution is 2.42. The van der Waals surface area contributed by atoms with E-state index in [2.05, 4.69) is 4.98 Å². The Labute approximate surface area is 89.5 Å². The zero-order chi connectivity index (χ0) is 10.0. The van der Waals surface area contributed by atoms with Crippen LogP contribution in [0.3, 0.4) is 0 Å². The number of nitrogens with two attached hydrogens (primary N) is 1. The summed E-state index contributed by atoms with van der Waals surface area (Å²) in [5.41, 5.74) is 7.13. The average Bonchev–Trinajstić information content (AvgIpc) is 2.68. The van der Waals surface area contributed by atoms with E-state index in [-0.39, 0.29) is 5.41 Å². The maximum absolute atomic E-state index is 6.18. The van der Waals surface area contributed by atoms with Crippen LogP contribution in [0, 0.1) is 0 Å². The number of hydrogen-bond donors (Lipinski definition) is 1. The molecule has 2 rings (SSSR count). The van der Waals surface area contributed by atoms with Crippen LogP contribution in [0.1, 0.15) is 31.2 Å². The van der Waals surface area contributed by atoms with E-state index in [0.717, 1.165) is 23.4 Å². The van der Waals surface area contributed by atoms with Gasteiger partial charge in [0, 0.05) is 29.4 Å². The fourth-order valence-corrected chi connectivity index (χ4v) is 2.71. The Morgan fingerprint density at radius 3 is 2.71 bits per heavy atom. The van der Waals surface area contributed by atoms with E-state index in [1.807, 2.05) is 12.3 Å². The highest BCUT2D eigenvalue weighted by molar-refractivity contribution is 6.31. The molecule has 1 aliphatic carbocycles. The predicted molar refractivity (Wildman–Crippen MR) is 58.4 cm³/mol. The van der Waals surface area contributed by atoms with Crippen molar-refractivity contribution in [3.63, 3.8) is 0 Å². The topological polar surface area (TPSA) is 38.9 Å². The van der Waals surface area contributed by atoms with E-state index in [0.29, 0.717) is 6.54 Å². The molecule has 0 radical (unpaired) electrons. The van der Waals surface area contributed by atoms with Gasteiger partial charge in [0.25, 0.3) is 0 Å². The number of aromatic nitrogens is 1. The van der Waals surface area contributed by atoms with Gasteiger partial charge in [0.15, 0.2) is 0 Å². The van der Waals surface area contributed by atoms with Crippen molar-refractivity contribution in [2.45, 2.75) is 31.1 Å². The van der Waals surface area contributed by atoms with Crippen molar-refractivity contribution < 1.29 is 0 Å². The molecule has 3 heteroatoms. The first-order chi connectivity index (χ1) is 6.78. The van der Waals surface area contributed by atoms with Gasteiger partial charge in [-0.1, -0.05) is 24.4 Å². The van der Waals surface area contributed by atoms with Crippen molar-refractivity contribution in [1.82, 2.24) is 4.98 Å². The van der Waals surface area contributed by atoms with Crippen molar-refractivity contribution in [2.75, 3.05) is 6.54 Å². The van der Waals surface area contributed by atoms with Gasteiger partial charge in [0.1, 0.15) is 0 Å². The van der Waals surface area contributed by atoms with Crippen LogP contribution < -0.4 is 5.73 Å². The van der Waals surface area contributed by atoms with Crippen LogP contribution in [0.2, 0.25) is 5.02 Å². The van der Waals surface area contributed by atoms with Crippen LogP contribution in [0.25, 0.3) is 0 Å². The minimum Gasteiger partial charge on any atom is -0.330 e. The van der Waals surface area contributed by atoms with E-state index in [9.17, 15) is 0 Å². The van der Waals surface area contributed by atoms with Crippen LogP contribution >= 0.6 is 11.6 Å².